The number of amides is 3. The Balaban J connectivity index is 0.000000151. The summed E-state index contributed by atoms with van der Waals surface area (Å²) in [5, 5.41) is 0. The van der Waals surface area contributed by atoms with Gasteiger partial charge in [-0.25, -0.2) is 90.0 Å². The average molecular weight is 1950 g/mol. The zero-order valence-corrected chi connectivity index (χ0v) is 77.4. The maximum Gasteiger partial charge on any atom is 0.416 e. The molecule has 0 bridgehead atoms. The van der Waals surface area contributed by atoms with E-state index in [2.05, 4.69) is 53.1 Å². The number of halogens is 16. The van der Waals surface area contributed by atoms with Crippen LogP contribution in [0.2, 0.25) is 0 Å². The highest BCUT2D eigenvalue weighted by Crippen LogP contribution is 2.48. The Morgan fingerprint density at radius 3 is 0.957 bits per heavy atom. The van der Waals surface area contributed by atoms with Crippen LogP contribution >= 0.6 is 0 Å². The van der Waals surface area contributed by atoms with E-state index in [4.69, 9.17) is 38.4 Å². The summed E-state index contributed by atoms with van der Waals surface area (Å²) in [6.45, 7) is 17.4. The Hall–Kier alpha value is -14.5. The summed E-state index contributed by atoms with van der Waals surface area (Å²) >= 11 is 0. The van der Waals surface area contributed by atoms with E-state index in [-0.39, 0.29) is 104 Å². The minimum absolute atomic E-state index is 0.00357. The standard InChI is InChI=1S/C34H32F5N5O3.C33H29F6N5O3.C33H30F5N5O3/c1-17-6-18(2)29(19(3)7-17)22-10-26(31(46-5)40-12-22)27-13-41-32(43-14-25(36)15-43)42-28(27)16-44-20(4)30(47-33(44)45)21-8-23(34(37,38)39)11-24(35)9-21;1-17-5-6-24(18(2)7-17)21-10-25(29(46-4)40-12-21)26-13-41-30(43-15-32(35,36)16-43)42-27(26)14-44-19(3)28(47-31(44)45)20-8-22(33(37,38)39)11-23(34)9-20;1-17-5-6-25(18(2)7-17)21-10-26(30(45-4)39-12-21)27-13-40-31(42-14-24(35)15-42)41-28(27)16-43-19(3)29(46-32(43)44)20-8-22(33(36,37)38)11-23(34)9-20/h6-13,20,25,30H,14-16H2,1-5H3;5-13,19,28H,14-16H2,1-4H3;5-13,19,24,29H,14-16H2,1-4H3/t20-,30-;19-,28-;19-,29-/m000/s1. The number of methoxy groups -OCH3 is 3. The number of carbonyl (C=O) groups is 3. The van der Waals surface area contributed by atoms with Gasteiger partial charge in [-0.2, -0.15) is 39.5 Å². The Morgan fingerprint density at radius 1 is 0.364 bits per heavy atom. The third kappa shape index (κ3) is 20.7. The normalized spacial score (nSPS) is 18.6. The zero-order chi connectivity index (χ0) is 101. The molecule has 0 N–H and O–H groups in total. The highest BCUT2D eigenvalue weighted by molar-refractivity contribution is 5.83. The van der Waals surface area contributed by atoms with Crippen molar-refractivity contribution in [2.24, 2.45) is 0 Å². The first-order valence-corrected chi connectivity index (χ1v) is 44.1. The first-order valence-electron chi connectivity index (χ1n) is 44.1. The molecule has 12 heterocycles. The Bertz CT molecular complexity index is 6770. The molecular formula is C100H91F16N15O9. The van der Waals surface area contributed by atoms with Crippen molar-refractivity contribution < 1.29 is 113 Å². The molecule has 6 aliphatic heterocycles. The number of nitrogens with zero attached hydrogens (tertiary/aromatic N) is 15. The summed E-state index contributed by atoms with van der Waals surface area (Å²) < 4.78 is 252. The highest BCUT2D eigenvalue weighted by atomic mass is 19.4. The molecule has 3 amide bonds. The van der Waals surface area contributed by atoms with E-state index in [1.807, 2.05) is 97.0 Å². The third-order valence-corrected chi connectivity index (χ3v) is 25.2. The van der Waals surface area contributed by atoms with Gasteiger partial charge in [0.25, 0.3) is 5.92 Å². The number of ether oxygens (including phenoxy) is 6. The fourth-order valence-corrected chi connectivity index (χ4v) is 18.1. The minimum Gasteiger partial charge on any atom is -0.481 e. The fraction of sp³-hybridized carbons (Fsp3) is 0.340. The van der Waals surface area contributed by atoms with Crippen molar-refractivity contribution in [3.8, 4) is 84.4 Å². The number of benzene rings is 6. The van der Waals surface area contributed by atoms with Crippen molar-refractivity contribution in [1.82, 2.24) is 59.6 Å². The van der Waals surface area contributed by atoms with E-state index in [9.17, 15) is 84.6 Å². The second-order valence-electron chi connectivity index (χ2n) is 35.4. The lowest BCUT2D eigenvalue weighted by Gasteiger charge is -2.38. The lowest BCUT2D eigenvalue weighted by Crippen LogP contribution is -2.57. The van der Waals surface area contributed by atoms with Crippen molar-refractivity contribution in [2.45, 2.75) is 162 Å². The molecule has 140 heavy (non-hydrogen) atoms. The van der Waals surface area contributed by atoms with Crippen LogP contribution in [0.5, 0.6) is 17.6 Å². The van der Waals surface area contributed by atoms with Gasteiger partial charge in [-0.15, -0.1) is 0 Å². The molecule has 0 aliphatic carbocycles. The molecule has 0 radical (unpaired) electrons. The van der Waals surface area contributed by atoms with Gasteiger partial charge in [-0.1, -0.05) is 65.2 Å². The highest BCUT2D eigenvalue weighted by Gasteiger charge is 2.49. The molecule has 0 saturated carbocycles. The monoisotopic (exact) mass is 1950 g/mol. The van der Waals surface area contributed by atoms with Crippen molar-refractivity contribution in [3.63, 3.8) is 0 Å². The Morgan fingerprint density at radius 2 is 0.664 bits per heavy atom. The average Bonchev–Trinajstić information content (AvgIpc) is 1.41. The second kappa shape index (κ2) is 38.7. The lowest BCUT2D eigenvalue weighted by atomic mass is 9.93. The van der Waals surface area contributed by atoms with E-state index >= 15 is 0 Å². The number of hydrogen-bond donors (Lipinski definition) is 0. The minimum atomic E-state index is -4.82. The van der Waals surface area contributed by atoms with Crippen molar-refractivity contribution in [2.75, 3.05) is 75.3 Å². The smallest absolute Gasteiger partial charge is 0.416 e. The maximum atomic E-state index is 14.3. The summed E-state index contributed by atoms with van der Waals surface area (Å²) in [5.41, 5.74) is 12.4. The summed E-state index contributed by atoms with van der Waals surface area (Å²) in [4.78, 5) is 89.0. The molecule has 6 aliphatic rings. The number of alkyl halides is 13. The molecule has 40 heteroatoms. The van der Waals surface area contributed by atoms with Gasteiger partial charge in [-0.05, 0) is 198 Å². The molecule has 6 aromatic carbocycles. The van der Waals surface area contributed by atoms with Gasteiger partial charge in [0.05, 0.1) is 132 Å². The fourth-order valence-electron chi connectivity index (χ4n) is 18.1. The van der Waals surface area contributed by atoms with E-state index in [0.717, 1.165) is 109 Å². The Labute approximate surface area is 792 Å². The van der Waals surface area contributed by atoms with Crippen molar-refractivity contribution >= 4 is 36.1 Å². The van der Waals surface area contributed by atoms with Crippen LogP contribution < -0.4 is 28.9 Å². The number of hydrogen-bond acceptors (Lipinski definition) is 21. The number of pyridine rings is 3. The molecule has 0 spiro atoms. The van der Waals surface area contributed by atoms with Crippen LogP contribution in [0.15, 0.2) is 159 Å². The van der Waals surface area contributed by atoms with E-state index in [0.29, 0.717) is 63.0 Å². The van der Waals surface area contributed by atoms with Crippen LogP contribution in [0.1, 0.15) is 128 Å². The maximum absolute atomic E-state index is 14.3. The second-order valence-corrected chi connectivity index (χ2v) is 35.4. The molecule has 0 unspecified atom stereocenters. The Kier molecular flexibility index (Phi) is 27.2. The van der Waals surface area contributed by atoms with Crippen molar-refractivity contribution in [3.05, 3.63) is 265 Å². The molecule has 12 aromatic rings. The predicted molar refractivity (Wildman–Crippen MR) is 483 cm³/mol. The topological polar surface area (TPSA) is 242 Å². The number of cyclic esters (lactones) is 3. The number of anilines is 3. The van der Waals surface area contributed by atoms with Gasteiger partial charge >= 0.3 is 36.8 Å². The van der Waals surface area contributed by atoms with Gasteiger partial charge in [0.2, 0.25) is 35.5 Å². The quantitative estimate of drug-likeness (QED) is 0.0479. The molecule has 18 rings (SSSR count). The summed E-state index contributed by atoms with van der Waals surface area (Å²) in [6.07, 6.45) is -12.9. The van der Waals surface area contributed by atoms with Crippen LogP contribution in [0.25, 0.3) is 66.8 Å². The molecular weight excluding hydrogens is 1860 g/mol. The van der Waals surface area contributed by atoms with Crippen LogP contribution in [-0.4, -0.2) is 175 Å². The van der Waals surface area contributed by atoms with Gasteiger partial charge < -0.3 is 43.1 Å². The van der Waals surface area contributed by atoms with Gasteiger partial charge in [0.1, 0.15) is 48.1 Å². The molecule has 6 fully saturated rings. The third-order valence-electron chi connectivity index (χ3n) is 25.2. The molecule has 732 valence electrons. The molecule has 24 nitrogen and oxygen atoms in total. The molecule has 6 aromatic heterocycles. The number of rotatable bonds is 21. The summed E-state index contributed by atoms with van der Waals surface area (Å²) in [5.74, 6) is -4.97. The number of carbonyl (C=O) groups excluding carboxylic acids is 3. The largest absolute Gasteiger partial charge is 0.481 e. The zero-order valence-electron chi connectivity index (χ0n) is 77.4. The van der Waals surface area contributed by atoms with Gasteiger partial charge in [0, 0.05) is 87.3 Å². The van der Waals surface area contributed by atoms with Crippen LogP contribution in [0.3, 0.4) is 0 Å². The lowest BCUT2D eigenvalue weighted by molar-refractivity contribution is -0.138. The van der Waals surface area contributed by atoms with Crippen molar-refractivity contribution in [1.29, 1.82) is 0 Å². The first kappa shape index (κ1) is 98.5. The van der Waals surface area contributed by atoms with Crippen LogP contribution in [0, 0.1) is 65.9 Å². The SMILES string of the molecule is COc1ncc(-c2c(C)cc(C)cc2C)cc1-c1cnc(N2CC(F)C2)nc1CN1C(=O)O[C@H](c2cc(F)cc(C(F)(F)F)c2)[C@@H]1C.COc1ncc(-c2ccc(C)cc2C)cc1-c1cnc(N2CC(F)(F)C2)nc1CN1C(=O)O[C@H](c2cc(F)cc(C(F)(F)F)c2)[C@@H]1C.COc1ncc(-c2ccc(C)cc2C)cc1-c1cnc(N2CC(F)C2)nc1CN1C(=O)O[C@H](c2cc(F)cc(C(F)(F)F)c2)[C@@H]1C. The van der Waals surface area contributed by atoms with E-state index < -0.39 is 139 Å². The van der Waals surface area contributed by atoms with Gasteiger partial charge in [-0.3, -0.25) is 14.7 Å². The van der Waals surface area contributed by atoms with Crippen LogP contribution in [-0.2, 0) is 52.4 Å². The van der Waals surface area contributed by atoms with E-state index in [1.165, 1.54) is 47.1 Å². The van der Waals surface area contributed by atoms with Crippen LogP contribution in [0.4, 0.5) is 102 Å². The summed E-state index contributed by atoms with van der Waals surface area (Å²) in [6, 6.07) is 25.5. The first-order chi connectivity index (χ1) is 66.2. The number of aromatic nitrogens is 9. The number of aryl methyl sites for hydroxylation is 7. The summed E-state index contributed by atoms with van der Waals surface area (Å²) in [7, 11) is 4.37. The molecule has 6 saturated heterocycles. The predicted octanol–water partition coefficient (Wildman–Crippen LogP) is 22.3. The molecule has 6 atom stereocenters. The van der Waals surface area contributed by atoms with Gasteiger partial charge in [0.15, 0.2) is 0 Å². The van der Waals surface area contributed by atoms with E-state index in [1.54, 1.807) is 61.6 Å².